The Hall–Kier alpha value is -0.650. The average Bonchev–Trinajstić information content (AvgIpc) is 2.19. The SMILES string of the molecule is CC(O)(CNCC1CCCOC1)C(=O)O. The lowest BCUT2D eigenvalue weighted by atomic mass is 10.0. The van der Waals surface area contributed by atoms with Crippen LogP contribution in [0.5, 0.6) is 0 Å². The van der Waals surface area contributed by atoms with Crippen molar-refractivity contribution in [2.24, 2.45) is 5.92 Å². The number of aliphatic carboxylic acids is 1. The van der Waals surface area contributed by atoms with E-state index < -0.39 is 11.6 Å². The first-order valence-corrected chi connectivity index (χ1v) is 5.26. The van der Waals surface area contributed by atoms with Gasteiger partial charge in [0.1, 0.15) is 0 Å². The van der Waals surface area contributed by atoms with E-state index in [9.17, 15) is 9.90 Å². The predicted octanol–water partition coefficient (Wildman–Crippen LogP) is -0.162. The Labute approximate surface area is 89.4 Å². The van der Waals surface area contributed by atoms with Gasteiger partial charge in [-0.05, 0) is 25.7 Å². The first-order chi connectivity index (χ1) is 7.02. The van der Waals surface area contributed by atoms with Gasteiger partial charge >= 0.3 is 5.97 Å². The molecule has 3 N–H and O–H groups in total. The van der Waals surface area contributed by atoms with Gasteiger partial charge in [-0.2, -0.15) is 0 Å². The van der Waals surface area contributed by atoms with Crippen LogP contribution >= 0.6 is 0 Å². The summed E-state index contributed by atoms with van der Waals surface area (Å²) in [5.74, 6) is -0.766. The first-order valence-electron chi connectivity index (χ1n) is 5.26. The maximum absolute atomic E-state index is 10.6. The van der Waals surface area contributed by atoms with Gasteiger partial charge in [-0.1, -0.05) is 0 Å². The zero-order chi connectivity index (χ0) is 11.3. The van der Waals surface area contributed by atoms with Crippen LogP contribution in [-0.2, 0) is 9.53 Å². The lowest BCUT2D eigenvalue weighted by Crippen LogP contribution is -2.46. The molecule has 1 heterocycles. The molecule has 0 aliphatic carbocycles. The van der Waals surface area contributed by atoms with Gasteiger partial charge in [0, 0.05) is 19.7 Å². The molecule has 15 heavy (non-hydrogen) atoms. The number of carbonyl (C=O) groups is 1. The average molecular weight is 217 g/mol. The Kier molecular flexibility index (Phi) is 4.50. The van der Waals surface area contributed by atoms with Crippen LogP contribution in [0.15, 0.2) is 0 Å². The smallest absolute Gasteiger partial charge is 0.336 e. The highest BCUT2D eigenvalue weighted by Crippen LogP contribution is 2.12. The third-order valence-corrected chi connectivity index (χ3v) is 2.62. The van der Waals surface area contributed by atoms with Crippen LogP contribution in [0.2, 0.25) is 0 Å². The third-order valence-electron chi connectivity index (χ3n) is 2.62. The van der Waals surface area contributed by atoms with Crippen molar-refractivity contribution >= 4 is 5.97 Å². The van der Waals surface area contributed by atoms with E-state index in [1.54, 1.807) is 0 Å². The summed E-state index contributed by atoms with van der Waals surface area (Å²) in [5, 5.41) is 21.1. The van der Waals surface area contributed by atoms with E-state index in [0.717, 1.165) is 26.1 Å². The van der Waals surface area contributed by atoms with Crippen molar-refractivity contribution in [3.8, 4) is 0 Å². The van der Waals surface area contributed by atoms with Crippen LogP contribution in [0.1, 0.15) is 19.8 Å². The Balaban J connectivity index is 2.17. The minimum absolute atomic E-state index is 0.0683. The topological polar surface area (TPSA) is 78.8 Å². The number of rotatable bonds is 5. The molecule has 1 aliphatic rings. The molecular weight excluding hydrogens is 198 g/mol. The van der Waals surface area contributed by atoms with Gasteiger partial charge in [0.15, 0.2) is 5.60 Å². The summed E-state index contributed by atoms with van der Waals surface area (Å²) >= 11 is 0. The molecule has 2 unspecified atom stereocenters. The number of hydrogen-bond donors (Lipinski definition) is 3. The van der Waals surface area contributed by atoms with Crippen molar-refractivity contribution in [2.75, 3.05) is 26.3 Å². The Morgan fingerprint density at radius 1 is 1.67 bits per heavy atom. The molecule has 0 radical (unpaired) electrons. The van der Waals surface area contributed by atoms with Gasteiger partial charge in [-0.3, -0.25) is 0 Å². The summed E-state index contributed by atoms with van der Waals surface area (Å²) in [6, 6.07) is 0. The van der Waals surface area contributed by atoms with Crippen molar-refractivity contribution in [1.29, 1.82) is 0 Å². The summed E-state index contributed by atoms with van der Waals surface area (Å²) in [5.41, 5.74) is -1.68. The highest BCUT2D eigenvalue weighted by atomic mass is 16.5. The van der Waals surface area contributed by atoms with E-state index in [4.69, 9.17) is 9.84 Å². The summed E-state index contributed by atoms with van der Waals surface area (Å²) < 4.78 is 5.29. The first kappa shape index (κ1) is 12.4. The van der Waals surface area contributed by atoms with Crippen molar-refractivity contribution in [1.82, 2.24) is 5.32 Å². The fourth-order valence-electron chi connectivity index (χ4n) is 1.56. The second-order valence-electron chi connectivity index (χ2n) is 4.29. The Bertz CT molecular complexity index is 211. The standard InChI is InChI=1S/C10H19NO4/c1-10(14,9(12)13)7-11-5-8-3-2-4-15-6-8/h8,11,14H,2-7H2,1H3,(H,12,13). The van der Waals surface area contributed by atoms with Crippen LogP contribution in [0, 0.1) is 5.92 Å². The van der Waals surface area contributed by atoms with Crippen LogP contribution < -0.4 is 5.32 Å². The second-order valence-corrected chi connectivity index (χ2v) is 4.29. The molecule has 0 amide bonds. The molecule has 5 nitrogen and oxygen atoms in total. The van der Waals surface area contributed by atoms with E-state index in [-0.39, 0.29) is 6.54 Å². The fraction of sp³-hybridized carbons (Fsp3) is 0.900. The van der Waals surface area contributed by atoms with Crippen molar-refractivity contribution < 1.29 is 19.7 Å². The molecule has 0 saturated carbocycles. The molecule has 1 rings (SSSR count). The van der Waals surface area contributed by atoms with Crippen LogP contribution in [0.4, 0.5) is 0 Å². The molecule has 2 atom stereocenters. The predicted molar refractivity (Wildman–Crippen MR) is 54.7 cm³/mol. The lowest BCUT2D eigenvalue weighted by Gasteiger charge is -2.24. The summed E-state index contributed by atoms with van der Waals surface area (Å²) in [6.45, 7) is 3.60. The lowest BCUT2D eigenvalue weighted by molar-refractivity contribution is -0.156. The van der Waals surface area contributed by atoms with Gasteiger partial charge in [-0.25, -0.2) is 4.79 Å². The molecule has 0 aromatic rings. The minimum atomic E-state index is -1.68. The second kappa shape index (κ2) is 5.44. The van der Waals surface area contributed by atoms with Gasteiger partial charge in [0.25, 0.3) is 0 Å². The number of nitrogens with one attached hydrogen (secondary N) is 1. The Morgan fingerprint density at radius 2 is 2.40 bits per heavy atom. The van der Waals surface area contributed by atoms with Crippen LogP contribution in [-0.4, -0.2) is 48.1 Å². The quantitative estimate of drug-likeness (QED) is 0.596. The Morgan fingerprint density at radius 3 is 2.93 bits per heavy atom. The van der Waals surface area contributed by atoms with Gasteiger partial charge in [-0.15, -0.1) is 0 Å². The van der Waals surface area contributed by atoms with E-state index in [1.165, 1.54) is 6.92 Å². The maximum Gasteiger partial charge on any atom is 0.336 e. The van der Waals surface area contributed by atoms with Gasteiger partial charge < -0.3 is 20.3 Å². The van der Waals surface area contributed by atoms with Crippen molar-refractivity contribution in [2.45, 2.75) is 25.4 Å². The molecule has 1 saturated heterocycles. The molecule has 1 aliphatic heterocycles. The molecule has 1 fully saturated rings. The normalized spacial score (nSPS) is 25.9. The molecule has 0 spiro atoms. The van der Waals surface area contributed by atoms with Crippen molar-refractivity contribution in [3.05, 3.63) is 0 Å². The van der Waals surface area contributed by atoms with Crippen LogP contribution in [0.3, 0.4) is 0 Å². The zero-order valence-corrected chi connectivity index (χ0v) is 9.03. The van der Waals surface area contributed by atoms with E-state index in [0.29, 0.717) is 12.5 Å². The highest BCUT2D eigenvalue weighted by molar-refractivity contribution is 5.76. The van der Waals surface area contributed by atoms with E-state index in [2.05, 4.69) is 5.32 Å². The third kappa shape index (κ3) is 4.15. The zero-order valence-electron chi connectivity index (χ0n) is 9.03. The number of hydrogen-bond acceptors (Lipinski definition) is 4. The largest absolute Gasteiger partial charge is 0.479 e. The fourth-order valence-corrected chi connectivity index (χ4v) is 1.56. The summed E-state index contributed by atoms with van der Waals surface area (Å²) in [7, 11) is 0. The van der Waals surface area contributed by atoms with Gasteiger partial charge in [0.05, 0.1) is 6.61 Å². The molecule has 0 aromatic heterocycles. The van der Waals surface area contributed by atoms with E-state index in [1.807, 2.05) is 0 Å². The summed E-state index contributed by atoms with van der Waals surface area (Å²) in [4.78, 5) is 10.6. The minimum Gasteiger partial charge on any atom is -0.479 e. The number of carboxylic acid groups (broad SMARTS) is 1. The highest BCUT2D eigenvalue weighted by Gasteiger charge is 2.29. The molecule has 5 heteroatoms. The monoisotopic (exact) mass is 217 g/mol. The summed E-state index contributed by atoms with van der Waals surface area (Å²) in [6.07, 6.45) is 2.16. The van der Waals surface area contributed by atoms with Crippen LogP contribution in [0.25, 0.3) is 0 Å². The van der Waals surface area contributed by atoms with Crippen molar-refractivity contribution in [3.63, 3.8) is 0 Å². The molecular formula is C10H19NO4. The molecule has 0 aromatic carbocycles. The maximum atomic E-state index is 10.6. The molecule has 88 valence electrons. The molecule has 0 bridgehead atoms. The number of aliphatic hydroxyl groups is 1. The van der Waals surface area contributed by atoms with E-state index >= 15 is 0 Å². The number of carboxylic acids is 1. The van der Waals surface area contributed by atoms with Gasteiger partial charge in [0.2, 0.25) is 0 Å². The number of ether oxygens (including phenoxy) is 1.